The third-order valence-electron chi connectivity index (χ3n) is 3.37. The second-order valence-corrected chi connectivity index (χ2v) is 8.08. The Kier molecular flexibility index (Phi) is 5.42. The maximum absolute atomic E-state index is 12.6. The van der Waals surface area contributed by atoms with Crippen molar-refractivity contribution >= 4 is 18.2 Å². The van der Waals surface area contributed by atoms with Gasteiger partial charge < -0.3 is 14.6 Å². The molecule has 0 aromatic heterocycles. The van der Waals surface area contributed by atoms with Gasteiger partial charge in [-0.3, -0.25) is 0 Å². The number of carbonyl (C=O) groups is 3. The van der Waals surface area contributed by atoms with Gasteiger partial charge in [0.25, 0.3) is 0 Å². The Balaban J connectivity index is 3.22. The molecule has 1 N–H and O–H groups in total. The largest absolute Gasteiger partial charge is 0.479 e. The minimum atomic E-state index is -1.59. The third kappa shape index (κ3) is 4.75. The molecule has 138 valence electrons. The van der Waals surface area contributed by atoms with E-state index in [0.29, 0.717) is 6.42 Å². The SMILES string of the molecule is CC(C)(C)OC(=O)N1CCCC(C)(C(=O)O)N1C(=O)OC(C)(C)C. The van der Waals surface area contributed by atoms with Crippen LogP contribution in [0.15, 0.2) is 0 Å². The molecule has 0 bridgehead atoms. The summed E-state index contributed by atoms with van der Waals surface area (Å²) >= 11 is 0. The molecule has 0 spiro atoms. The molecule has 8 nitrogen and oxygen atoms in total. The lowest BCUT2D eigenvalue weighted by Crippen LogP contribution is -2.67. The number of hydrogen-bond donors (Lipinski definition) is 1. The van der Waals surface area contributed by atoms with Gasteiger partial charge in [0, 0.05) is 6.54 Å². The molecule has 0 saturated carbocycles. The first-order valence-electron chi connectivity index (χ1n) is 7.94. The van der Waals surface area contributed by atoms with E-state index in [-0.39, 0.29) is 13.0 Å². The highest BCUT2D eigenvalue weighted by molar-refractivity contribution is 5.86. The van der Waals surface area contributed by atoms with Gasteiger partial charge in [-0.15, -0.1) is 0 Å². The van der Waals surface area contributed by atoms with Crippen molar-refractivity contribution in [2.45, 2.75) is 78.0 Å². The number of carboxylic acids is 1. The molecular weight excluding hydrogens is 316 g/mol. The van der Waals surface area contributed by atoms with E-state index in [1.165, 1.54) is 6.92 Å². The molecule has 24 heavy (non-hydrogen) atoms. The zero-order chi connectivity index (χ0) is 18.9. The Morgan fingerprint density at radius 2 is 1.42 bits per heavy atom. The fraction of sp³-hybridized carbons (Fsp3) is 0.812. The molecule has 1 heterocycles. The summed E-state index contributed by atoms with van der Waals surface area (Å²) in [6.07, 6.45) is -1.03. The maximum Gasteiger partial charge on any atom is 0.430 e. The van der Waals surface area contributed by atoms with Gasteiger partial charge in [0.1, 0.15) is 11.2 Å². The summed E-state index contributed by atoms with van der Waals surface area (Å²) in [4.78, 5) is 36.9. The average Bonchev–Trinajstić information content (AvgIpc) is 2.33. The van der Waals surface area contributed by atoms with Crippen molar-refractivity contribution in [3.63, 3.8) is 0 Å². The van der Waals surface area contributed by atoms with Gasteiger partial charge in [-0.1, -0.05) is 0 Å². The topological polar surface area (TPSA) is 96.4 Å². The molecule has 0 radical (unpaired) electrons. The van der Waals surface area contributed by atoms with E-state index in [1.54, 1.807) is 41.5 Å². The molecular formula is C16H28N2O6. The molecule has 1 atom stereocenters. The number of hydrazine groups is 1. The second kappa shape index (κ2) is 6.49. The van der Waals surface area contributed by atoms with Crippen LogP contribution in [0.3, 0.4) is 0 Å². The zero-order valence-corrected chi connectivity index (χ0v) is 15.5. The Bertz CT molecular complexity index is 520. The monoisotopic (exact) mass is 344 g/mol. The minimum Gasteiger partial charge on any atom is -0.479 e. The average molecular weight is 344 g/mol. The molecule has 1 saturated heterocycles. The number of hydrogen-bond acceptors (Lipinski definition) is 5. The second-order valence-electron chi connectivity index (χ2n) is 8.08. The summed E-state index contributed by atoms with van der Waals surface area (Å²) < 4.78 is 10.6. The van der Waals surface area contributed by atoms with Crippen LogP contribution in [-0.2, 0) is 14.3 Å². The highest BCUT2D eigenvalue weighted by Gasteiger charge is 2.51. The van der Waals surface area contributed by atoms with Crippen molar-refractivity contribution in [2.24, 2.45) is 0 Å². The number of carboxylic acid groups (broad SMARTS) is 1. The molecule has 0 aromatic rings. The van der Waals surface area contributed by atoms with Crippen molar-refractivity contribution in [3.8, 4) is 0 Å². The van der Waals surface area contributed by atoms with Crippen molar-refractivity contribution in [1.82, 2.24) is 10.0 Å². The van der Waals surface area contributed by atoms with E-state index in [4.69, 9.17) is 9.47 Å². The number of ether oxygens (including phenoxy) is 2. The quantitative estimate of drug-likeness (QED) is 0.785. The molecule has 1 fully saturated rings. The summed E-state index contributed by atoms with van der Waals surface area (Å²) in [5, 5.41) is 11.5. The highest BCUT2D eigenvalue weighted by atomic mass is 16.6. The standard InChI is InChI=1S/C16H28N2O6/c1-14(2,3)23-12(21)17-10-8-9-16(7,11(19)20)18(17)13(22)24-15(4,5)6/h8-10H2,1-7H3,(H,19,20). The Morgan fingerprint density at radius 3 is 1.83 bits per heavy atom. The van der Waals surface area contributed by atoms with Gasteiger partial charge >= 0.3 is 18.2 Å². The van der Waals surface area contributed by atoms with Crippen LogP contribution in [0.1, 0.15) is 61.3 Å². The van der Waals surface area contributed by atoms with E-state index in [2.05, 4.69) is 0 Å². The van der Waals surface area contributed by atoms with Crippen LogP contribution in [0.2, 0.25) is 0 Å². The molecule has 0 aromatic carbocycles. The summed E-state index contributed by atoms with van der Waals surface area (Å²) in [6, 6.07) is 0. The van der Waals surface area contributed by atoms with Crippen LogP contribution in [0, 0.1) is 0 Å². The Morgan fingerprint density at radius 1 is 0.958 bits per heavy atom. The summed E-state index contributed by atoms with van der Waals surface area (Å²) in [5.74, 6) is -1.21. The van der Waals surface area contributed by atoms with Gasteiger partial charge in [-0.2, -0.15) is 5.01 Å². The van der Waals surface area contributed by atoms with Crippen LogP contribution >= 0.6 is 0 Å². The molecule has 1 rings (SSSR count). The van der Waals surface area contributed by atoms with Gasteiger partial charge in [-0.05, 0) is 61.3 Å². The van der Waals surface area contributed by atoms with E-state index in [1.807, 2.05) is 0 Å². The predicted octanol–water partition coefficient (Wildman–Crippen LogP) is 3.01. The van der Waals surface area contributed by atoms with Crippen LogP contribution in [0.4, 0.5) is 9.59 Å². The fourth-order valence-electron chi connectivity index (χ4n) is 2.34. The predicted molar refractivity (Wildman–Crippen MR) is 86.3 cm³/mol. The number of rotatable bonds is 1. The fourth-order valence-corrected chi connectivity index (χ4v) is 2.34. The van der Waals surface area contributed by atoms with Crippen LogP contribution < -0.4 is 0 Å². The first-order valence-corrected chi connectivity index (χ1v) is 7.94. The summed E-state index contributed by atoms with van der Waals surface area (Å²) in [7, 11) is 0. The van der Waals surface area contributed by atoms with Crippen molar-refractivity contribution in [1.29, 1.82) is 0 Å². The van der Waals surface area contributed by atoms with Crippen molar-refractivity contribution in [3.05, 3.63) is 0 Å². The van der Waals surface area contributed by atoms with Gasteiger partial charge in [0.2, 0.25) is 0 Å². The minimum absolute atomic E-state index is 0.178. The van der Waals surface area contributed by atoms with Crippen molar-refractivity contribution in [2.75, 3.05) is 6.54 Å². The first kappa shape index (κ1) is 20.1. The molecule has 1 aliphatic rings. The molecule has 8 heteroatoms. The molecule has 2 amide bonds. The van der Waals surface area contributed by atoms with E-state index in [9.17, 15) is 19.5 Å². The highest BCUT2D eigenvalue weighted by Crippen LogP contribution is 2.32. The zero-order valence-electron chi connectivity index (χ0n) is 15.5. The first-order chi connectivity index (χ1) is 10.7. The van der Waals surface area contributed by atoms with E-state index >= 15 is 0 Å². The van der Waals surface area contributed by atoms with Crippen LogP contribution in [0.5, 0.6) is 0 Å². The lowest BCUT2D eigenvalue weighted by molar-refractivity contribution is -0.171. The normalized spacial score (nSPS) is 22.1. The molecule has 1 unspecified atom stereocenters. The van der Waals surface area contributed by atoms with Gasteiger partial charge in [-0.25, -0.2) is 19.4 Å². The number of amides is 2. The molecule has 0 aliphatic carbocycles. The van der Waals surface area contributed by atoms with Crippen LogP contribution in [0.25, 0.3) is 0 Å². The summed E-state index contributed by atoms with van der Waals surface area (Å²) in [6.45, 7) is 11.7. The van der Waals surface area contributed by atoms with E-state index < -0.39 is 34.9 Å². The summed E-state index contributed by atoms with van der Waals surface area (Å²) in [5.41, 5.74) is -3.18. The smallest absolute Gasteiger partial charge is 0.430 e. The molecule has 1 aliphatic heterocycles. The van der Waals surface area contributed by atoms with E-state index in [0.717, 1.165) is 10.0 Å². The van der Waals surface area contributed by atoms with Crippen LogP contribution in [-0.4, -0.2) is 56.6 Å². The lowest BCUT2D eigenvalue weighted by Gasteiger charge is -2.47. The van der Waals surface area contributed by atoms with Gasteiger partial charge in [0.05, 0.1) is 0 Å². The Hall–Kier alpha value is -1.99. The Labute approximate surface area is 142 Å². The maximum atomic E-state index is 12.6. The third-order valence-corrected chi connectivity index (χ3v) is 3.37. The number of nitrogens with zero attached hydrogens (tertiary/aromatic N) is 2. The van der Waals surface area contributed by atoms with Gasteiger partial charge in [0.15, 0.2) is 5.54 Å². The van der Waals surface area contributed by atoms with Crippen molar-refractivity contribution < 1.29 is 29.0 Å². The number of carbonyl (C=O) groups excluding carboxylic acids is 2. The lowest BCUT2D eigenvalue weighted by atomic mass is 9.93. The number of aliphatic carboxylic acids is 1.